The summed E-state index contributed by atoms with van der Waals surface area (Å²) in [5.74, 6) is -5.11. The Morgan fingerprint density at radius 2 is 1.51 bits per heavy atom. The fraction of sp³-hybridized carbons (Fsp3) is 0.120. The molecule has 0 bridgehead atoms. The van der Waals surface area contributed by atoms with Gasteiger partial charge in [0.2, 0.25) is 0 Å². The van der Waals surface area contributed by atoms with E-state index in [0.29, 0.717) is 0 Å². The molecule has 0 saturated heterocycles. The van der Waals surface area contributed by atoms with E-state index in [2.05, 4.69) is 20.9 Å². The van der Waals surface area contributed by atoms with Gasteiger partial charge in [0, 0.05) is 49.3 Å². The third-order valence-corrected chi connectivity index (χ3v) is 5.48. The van der Waals surface area contributed by atoms with Crippen molar-refractivity contribution in [3.05, 3.63) is 94.7 Å². The fourth-order valence-corrected chi connectivity index (χ4v) is 3.45. The van der Waals surface area contributed by atoms with Crippen LogP contribution in [0.25, 0.3) is 5.82 Å². The minimum absolute atomic E-state index is 0.0292. The lowest BCUT2D eigenvalue weighted by atomic mass is 10.1. The first-order chi connectivity index (χ1) is 18.5. The van der Waals surface area contributed by atoms with Crippen LogP contribution in [0, 0.1) is 11.6 Å². The molecule has 0 unspecified atom stereocenters. The lowest BCUT2D eigenvalue weighted by Gasteiger charge is -2.14. The number of carbonyl (C=O) groups excluding carboxylic acids is 1. The summed E-state index contributed by atoms with van der Waals surface area (Å²) in [6.45, 7) is -0.290. The van der Waals surface area contributed by atoms with E-state index in [1.54, 1.807) is 6.20 Å². The Hall–Kier alpha value is -5.24. The minimum atomic E-state index is -1.49. The first kappa shape index (κ1) is 28.3. The number of nitrogens with two attached hydrogens (primary N) is 2. The maximum Gasteiger partial charge on any atom is 0.337 e. The summed E-state index contributed by atoms with van der Waals surface area (Å²) >= 11 is 0. The summed E-state index contributed by atoms with van der Waals surface area (Å²) in [7, 11) is 1.49. The number of aromatic nitrogens is 2. The molecular weight excluding hydrogens is 516 g/mol. The second kappa shape index (κ2) is 12.3. The first-order valence-corrected chi connectivity index (χ1v) is 11.2. The predicted octanol–water partition coefficient (Wildman–Crippen LogP) is 2.13. The van der Waals surface area contributed by atoms with Gasteiger partial charge >= 0.3 is 11.9 Å². The van der Waals surface area contributed by atoms with E-state index in [9.17, 15) is 33.4 Å². The van der Waals surface area contributed by atoms with Crippen molar-refractivity contribution in [1.82, 2.24) is 14.9 Å². The van der Waals surface area contributed by atoms with Gasteiger partial charge in [-0.05, 0) is 36.4 Å². The van der Waals surface area contributed by atoms with E-state index in [0.717, 1.165) is 18.2 Å². The summed E-state index contributed by atoms with van der Waals surface area (Å²) < 4.78 is 30.5. The van der Waals surface area contributed by atoms with Gasteiger partial charge in [0.1, 0.15) is 23.8 Å². The summed E-state index contributed by atoms with van der Waals surface area (Å²) in [5, 5.41) is 26.5. The quantitative estimate of drug-likeness (QED) is 0.139. The molecular formula is C25H25F2N7O5. The number of anilines is 2. The molecule has 0 fully saturated rings. The molecule has 1 heterocycles. The lowest BCUT2D eigenvalue weighted by Crippen LogP contribution is -2.22. The third kappa shape index (κ3) is 6.95. The molecule has 0 aliphatic carbocycles. The maximum absolute atomic E-state index is 14.7. The van der Waals surface area contributed by atoms with E-state index in [1.807, 2.05) is 0 Å². The second-order valence-electron chi connectivity index (χ2n) is 8.08. The van der Waals surface area contributed by atoms with E-state index in [-0.39, 0.29) is 52.7 Å². The van der Waals surface area contributed by atoms with Gasteiger partial charge in [0.25, 0.3) is 5.91 Å². The van der Waals surface area contributed by atoms with Crippen molar-refractivity contribution < 1.29 is 33.4 Å². The smallest absolute Gasteiger partial charge is 0.337 e. The van der Waals surface area contributed by atoms with Gasteiger partial charge in [-0.15, -0.1) is 0 Å². The molecule has 0 aliphatic rings. The second-order valence-corrected chi connectivity index (χ2v) is 8.08. The van der Waals surface area contributed by atoms with Crippen LogP contribution in [-0.2, 0) is 17.9 Å². The Bertz CT molecular complexity index is 1470. The van der Waals surface area contributed by atoms with Crippen molar-refractivity contribution in [2.24, 2.45) is 11.5 Å². The van der Waals surface area contributed by atoms with E-state index >= 15 is 0 Å². The summed E-state index contributed by atoms with van der Waals surface area (Å²) in [5.41, 5.74) is 10.6. The highest BCUT2D eigenvalue weighted by atomic mass is 19.1. The normalized spacial score (nSPS) is 11.8. The van der Waals surface area contributed by atoms with Crippen molar-refractivity contribution >= 4 is 35.0 Å². The van der Waals surface area contributed by atoms with Gasteiger partial charge in [-0.3, -0.25) is 9.36 Å². The zero-order valence-electron chi connectivity index (χ0n) is 20.5. The molecule has 1 amide bonds. The zero-order chi connectivity index (χ0) is 28.7. The molecule has 3 rings (SSSR count). The molecule has 2 aromatic carbocycles. The van der Waals surface area contributed by atoms with E-state index in [1.165, 1.54) is 42.4 Å². The largest absolute Gasteiger partial charge is 0.478 e. The van der Waals surface area contributed by atoms with Gasteiger partial charge in [0.15, 0.2) is 0 Å². The standard InChI is InChI=1S/C25H25F2N7O5/c1-30-20-6-13(17(26)8-15(20)24(36)37)10-32-11-14-7-21(16(25(38)39)9-18(14)27)33-23(35)19(28)2-3-22(29)34-5-4-31-12-34/h2-9,12,30,32H,10-11,28-29H2,1H3,(H,33,35)(H,36,37)(H,38,39)/b19-2-,22-3+. The molecule has 12 nitrogen and oxygen atoms in total. The topological polar surface area (TPSA) is 198 Å². The van der Waals surface area contributed by atoms with Crippen LogP contribution in [0.5, 0.6) is 0 Å². The van der Waals surface area contributed by atoms with Gasteiger partial charge < -0.3 is 37.6 Å². The number of carboxylic acid groups (broad SMARTS) is 2. The SMILES string of the molecule is CNc1cc(CNCc2cc(NC(=O)/C(N)=C/C=C(\N)n3ccnc3)c(C(=O)O)cc2F)c(F)cc1C(=O)O. The van der Waals surface area contributed by atoms with Crippen LogP contribution in [0.1, 0.15) is 31.8 Å². The zero-order valence-corrected chi connectivity index (χ0v) is 20.5. The lowest BCUT2D eigenvalue weighted by molar-refractivity contribution is -0.112. The number of allylic oxidation sites excluding steroid dienone is 2. The number of hydrogen-bond acceptors (Lipinski definition) is 8. The predicted molar refractivity (Wildman–Crippen MR) is 138 cm³/mol. The number of imidazole rings is 1. The third-order valence-electron chi connectivity index (χ3n) is 5.48. The Kier molecular flexibility index (Phi) is 8.96. The Labute approximate surface area is 220 Å². The van der Waals surface area contributed by atoms with Crippen LogP contribution in [0.3, 0.4) is 0 Å². The highest BCUT2D eigenvalue weighted by Gasteiger charge is 2.19. The van der Waals surface area contributed by atoms with Gasteiger partial charge in [0.05, 0.1) is 22.5 Å². The molecule has 3 aromatic rings. The number of aromatic carboxylic acids is 2. The Morgan fingerprint density at radius 1 is 0.949 bits per heavy atom. The number of nitrogens with one attached hydrogen (secondary N) is 3. The van der Waals surface area contributed by atoms with E-state index in [4.69, 9.17) is 11.5 Å². The molecule has 1 aromatic heterocycles. The van der Waals surface area contributed by atoms with Crippen LogP contribution in [0.15, 0.2) is 60.8 Å². The first-order valence-electron chi connectivity index (χ1n) is 11.2. The molecule has 0 radical (unpaired) electrons. The van der Waals surface area contributed by atoms with Crippen LogP contribution >= 0.6 is 0 Å². The van der Waals surface area contributed by atoms with Crippen molar-refractivity contribution in [3.63, 3.8) is 0 Å². The van der Waals surface area contributed by atoms with Crippen LogP contribution in [-0.4, -0.2) is 44.7 Å². The number of benzene rings is 2. The molecule has 9 N–H and O–H groups in total. The van der Waals surface area contributed by atoms with Gasteiger partial charge in [-0.2, -0.15) is 0 Å². The maximum atomic E-state index is 14.7. The Balaban J connectivity index is 1.77. The summed E-state index contributed by atoms with van der Waals surface area (Å²) in [6, 6.07) is 4.05. The van der Waals surface area contributed by atoms with E-state index < -0.39 is 35.0 Å². The van der Waals surface area contributed by atoms with Gasteiger partial charge in [-0.1, -0.05) is 0 Å². The Morgan fingerprint density at radius 3 is 2.03 bits per heavy atom. The number of halogens is 2. The van der Waals surface area contributed by atoms with Crippen molar-refractivity contribution in [2.45, 2.75) is 13.1 Å². The van der Waals surface area contributed by atoms with Crippen LogP contribution in [0.4, 0.5) is 20.2 Å². The fourth-order valence-electron chi connectivity index (χ4n) is 3.45. The van der Waals surface area contributed by atoms with Crippen molar-refractivity contribution in [2.75, 3.05) is 17.7 Å². The molecule has 39 heavy (non-hydrogen) atoms. The average molecular weight is 542 g/mol. The number of carboxylic acids is 2. The average Bonchev–Trinajstić information content (AvgIpc) is 3.44. The highest BCUT2D eigenvalue weighted by molar-refractivity contribution is 6.07. The van der Waals surface area contributed by atoms with Crippen molar-refractivity contribution in [1.29, 1.82) is 0 Å². The molecule has 204 valence electrons. The molecule has 0 aliphatic heterocycles. The highest BCUT2D eigenvalue weighted by Crippen LogP contribution is 2.23. The van der Waals surface area contributed by atoms with Crippen molar-refractivity contribution in [3.8, 4) is 0 Å². The molecule has 0 spiro atoms. The molecule has 0 saturated carbocycles. The molecule has 0 atom stereocenters. The molecule has 14 heteroatoms. The van der Waals surface area contributed by atoms with Gasteiger partial charge in [-0.25, -0.2) is 23.4 Å². The number of carbonyl (C=O) groups is 3. The van der Waals surface area contributed by atoms with Crippen LogP contribution < -0.4 is 27.4 Å². The summed E-state index contributed by atoms with van der Waals surface area (Å²) in [6.07, 6.45) is 7.06. The minimum Gasteiger partial charge on any atom is -0.478 e. The monoisotopic (exact) mass is 541 g/mol. The number of hydrogen-bond donors (Lipinski definition) is 7. The number of nitrogens with zero attached hydrogens (tertiary/aromatic N) is 2. The van der Waals surface area contributed by atoms with Crippen LogP contribution in [0.2, 0.25) is 0 Å². The number of amides is 1. The summed E-state index contributed by atoms with van der Waals surface area (Å²) in [4.78, 5) is 39.3. The number of rotatable bonds is 11.